The fraction of sp³-hybridized carbons (Fsp3) is 0.182. The number of anilines is 1. The van der Waals surface area contributed by atoms with Gasteiger partial charge in [-0.25, -0.2) is 17.8 Å². The third-order valence-electron chi connectivity index (χ3n) is 2.50. The Morgan fingerprint density at radius 3 is 2.67 bits per heavy atom. The molecule has 1 heterocycles. The average Bonchev–Trinajstić information content (AvgIpc) is 2.75. The highest BCUT2D eigenvalue weighted by atomic mass is 32.2. The van der Waals surface area contributed by atoms with Crippen LogP contribution < -0.4 is 10.5 Å². The van der Waals surface area contributed by atoms with E-state index >= 15 is 0 Å². The molecule has 0 saturated heterocycles. The summed E-state index contributed by atoms with van der Waals surface area (Å²) in [7, 11) is -2.22. The van der Waals surface area contributed by atoms with Crippen LogP contribution in [0.25, 0.3) is 5.69 Å². The maximum Gasteiger partial charge on any atom is 0.242 e. The van der Waals surface area contributed by atoms with Gasteiger partial charge in [-0.2, -0.15) is 5.10 Å². The van der Waals surface area contributed by atoms with Crippen LogP contribution in [0.5, 0.6) is 0 Å². The number of rotatable bonds is 3. The minimum atomic E-state index is -3.58. The van der Waals surface area contributed by atoms with E-state index < -0.39 is 10.0 Å². The summed E-state index contributed by atoms with van der Waals surface area (Å²) < 4.78 is 27.7. The zero-order chi connectivity index (χ0) is 13.3. The van der Waals surface area contributed by atoms with Gasteiger partial charge < -0.3 is 5.73 Å². The third kappa shape index (κ3) is 2.22. The van der Waals surface area contributed by atoms with Crippen molar-refractivity contribution in [2.75, 3.05) is 12.8 Å². The Kier molecular flexibility index (Phi) is 3.10. The van der Waals surface area contributed by atoms with Crippen molar-refractivity contribution < 1.29 is 8.42 Å². The van der Waals surface area contributed by atoms with Gasteiger partial charge >= 0.3 is 0 Å². The van der Waals surface area contributed by atoms with Gasteiger partial charge in [-0.05, 0) is 37.7 Å². The van der Waals surface area contributed by atoms with Crippen molar-refractivity contribution in [1.29, 1.82) is 0 Å². The van der Waals surface area contributed by atoms with E-state index in [0.29, 0.717) is 11.4 Å². The van der Waals surface area contributed by atoms with E-state index in [4.69, 9.17) is 5.73 Å². The van der Waals surface area contributed by atoms with E-state index in [2.05, 4.69) is 9.82 Å². The van der Waals surface area contributed by atoms with Gasteiger partial charge in [0.1, 0.15) is 4.90 Å². The molecule has 0 fully saturated rings. The maximum absolute atomic E-state index is 11.9. The Labute approximate surface area is 105 Å². The van der Waals surface area contributed by atoms with Gasteiger partial charge in [0.15, 0.2) is 0 Å². The lowest BCUT2D eigenvalue weighted by Gasteiger charge is -2.10. The summed E-state index contributed by atoms with van der Waals surface area (Å²) in [5, 5.41) is 4.11. The molecule has 0 unspecified atom stereocenters. The molecule has 18 heavy (non-hydrogen) atoms. The standard InChI is InChI=1S/C11H14N4O2S/c1-8-6-14-15(7-8)10-4-3-9(12)5-11(10)18(16,17)13-2/h3-7,13H,12H2,1-2H3. The first-order valence-corrected chi connectivity index (χ1v) is 6.77. The molecule has 96 valence electrons. The van der Waals surface area contributed by atoms with E-state index in [9.17, 15) is 8.42 Å². The summed E-state index contributed by atoms with van der Waals surface area (Å²) >= 11 is 0. The fourth-order valence-electron chi connectivity index (χ4n) is 1.59. The molecule has 3 N–H and O–H groups in total. The Balaban J connectivity index is 2.69. The van der Waals surface area contributed by atoms with Gasteiger partial charge in [0.05, 0.1) is 11.9 Å². The van der Waals surface area contributed by atoms with Gasteiger partial charge in [-0.1, -0.05) is 0 Å². The topological polar surface area (TPSA) is 90.0 Å². The maximum atomic E-state index is 11.9. The molecular formula is C11H14N4O2S. The van der Waals surface area contributed by atoms with Crippen LogP contribution in [0, 0.1) is 6.92 Å². The minimum Gasteiger partial charge on any atom is -0.399 e. The number of nitrogens with one attached hydrogen (secondary N) is 1. The number of aryl methyl sites for hydroxylation is 1. The zero-order valence-electron chi connectivity index (χ0n) is 10.1. The van der Waals surface area contributed by atoms with Crippen molar-refractivity contribution >= 4 is 15.7 Å². The van der Waals surface area contributed by atoms with Crippen molar-refractivity contribution in [1.82, 2.24) is 14.5 Å². The predicted molar refractivity (Wildman–Crippen MR) is 69.0 cm³/mol. The van der Waals surface area contributed by atoms with Gasteiger partial charge in [-0.3, -0.25) is 0 Å². The summed E-state index contributed by atoms with van der Waals surface area (Å²) in [5.74, 6) is 0. The van der Waals surface area contributed by atoms with Gasteiger partial charge in [0.2, 0.25) is 10.0 Å². The number of hydrogen-bond acceptors (Lipinski definition) is 4. The summed E-state index contributed by atoms with van der Waals surface area (Å²) in [5.41, 5.74) is 7.43. The number of sulfonamides is 1. The number of aromatic nitrogens is 2. The molecule has 0 aliphatic heterocycles. The summed E-state index contributed by atoms with van der Waals surface area (Å²) in [6.45, 7) is 1.88. The zero-order valence-corrected chi connectivity index (χ0v) is 10.9. The number of nitrogens with two attached hydrogens (primary N) is 1. The van der Waals surface area contributed by atoms with Crippen LogP contribution in [0.4, 0.5) is 5.69 Å². The van der Waals surface area contributed by atoms with Crippen molar-refractivity contribution in [3.63, 3.8) is 0 Å². The molecule has 0 amide bonds. The first-order valence-electron chi connectivity index (χ1n) is 5.29. The largest absolute Gasteiger partial charge is 0.399 e. The van der Waals surface area contributed by atoms with E-state index in [0.717, 1.165) is 5.56 Å². The molecule has 0 aliphatic rings. The second-order valence-electron chi connectivity index (χ2n) is 3.90. The Hall–Kier alpha value is -1.86. The highest BCUT2D eigenvalue weighted by molar-refractivity contribution is 7.89. The Morgan fingerprint density at radius 1 is 1.39 bits per heavy atom. The van der Waals surface area contributed by atoms with Gasteiger partial charge in [0.25, 0.3) is 0 Å². The van der Waals surface area contributed by atoms with Crippen LogP contribution >= 0.6 is 0 Å². The monoisotopic (exact) mass is 266 g/mol. The number of nitrogen functional groups attached to an aromatic ring is 1. The van der Waals surface area contributed by atoms with E-state index in [1.54, 1.807) is 24.5 Å². The van der Waals surface area contributed by atoms with Crippen molar-refractivity contribution in [3.8, 4) is 5.69 Å². The van der Waals surface area contributed by atoms with Crippen LogP contribution in [-0.4, -0.2) is 25.2 Å². The second-order valence-corrected chi connectivity index (χ2v) is 5.75. The lowest BCUT2D eigenvalue weighted by atomic mass is 10.3. The summed E-state index contributed by atoms with van der Waals surface area (Å²) in [6.07, 6.45) is 3.41. The fourth-order valence-corrected chi connectivity index (χ4v) is 2.54. The smallest absolute Gasteiger partial charge is 0.242 e. The molecular weight excluding hydrogens is 252 g/mol. The third-order valence-corrected chi connectivity index (χ3v) is 3.94. The van der Waals surface area contributed by atoms with Crippen LogP contribution in [0.2, 0.25) is 0 Å². The van der Waals surface area contributed by atoms with Crippen molar-refractivity contribution in [2.24, 2.45) is 0 Å². The molecule has 1 aromatic heterocycles. The molecule has 0 saturated carbocycles. The molecule has 0 radical (unpaired) electrons. The van der Waals surface area contributed by atoms with Crippen LogP contribution in [0.3, 0.4) is 0 Å². The predicted octanol–water partition coefficient (Wildman–Crippen LogP) is 0.671. The van der Waals surface area contributed by atoms with Gasteiger partial charge in [-0.15, -0.1) is 0 Å². The molecule has 6 nitrogen and oxygen atoms in total. The molecule has 0 aliphatic carbocycles. The number of hydrogen-bond donors (Lipinski definition) is 2. The summed E-state index contributed by atoms with van der Waals surface area (Å²) in [6, 6.07) is 4.69. The van der Waals surface area contributed by atoms with Crippen molar-refractivity contribution in [3.05, 3.63) is 36.2 Å². The van der Waals surface area contributed by atoms with Crippen LogP contribution in [0.1, 0.15) is 5.56 Å². The highest BCUT2D eigenvalue weighted by Crippen LogP contribution is 2.22. The van der Waals surface area contributed by atoms with E-state index in [1.165, 1.54) is 17.8 Å². The number of benzene rings is 1. The van der Waals surface area contributed by atoms with Crippen LogP contribution in [-0.2, 0) is 10.0 Å². The molecule has 0 spiro atoms. The first kappa shape index (κ1) is 12.6. The minimum absolute atomic E-state index is 0.105. The Morgan fingerprint density at radius 2 is 2.11 bits per heavy atom. The SMILES string of the molecule is CNS(=O)(=O)c1cc(N)ccc1-n1cc(C)cn1. The molecule has 0 bridgehead atoms. The number of nitrogens with zero attached hydrogens (tertiary/aromatic N) is 2. The lowest BCUT2D eigenvalue weighted by Crippen LogP contribution is -2.20. The molecule has 2 aromatic rings. The molecule has 1 aromatic carbocycles. The highest BCUT2D eigenvalue weighted by Gasteiger charge is 2.18. The van der Waals surface area contributed by atoms with E-state index in [1.807, 2.05) is 6.92 Å². The molecule has 7 heteroatoms. The van der Waals surface area contributed by atoms with Crippen molar-refractivity contribution in [2.45, 2.75) is 11.8 Å². The average molecular weight is 266 g/mol. The quantitative estimate of drug-likeness (QED) is 0.799. The van der Waals surface area contributed by atoms with E-state index in [-0.39, 0.29) is 4.90 Å². The second kappa shape index (κ2) is 4.43. The normalized spacial score (nSPS) is 11.7. The summed E-state index contributed by atoms with van der Waals surface area (Å²) in [4.78, 5) is 0.105. The molecule has 2 rings (SSSR count). The van der Waals surface area contributed by atoms with Crippen LogP contribution in [0.15, 0.2) is 35.5 Å². The molecule has 0 atom stereocenters. The lowest BCUT2D eigenvalue weighted by molar-refractivity contribution is 0.587. The first-order chi connectivity index (χ1) is 8.44. The Bertz CT molecular complexity index is 676. The van der Waals surface area contributed by atoms with Gasteiger partial charge in [0, 0.05) is 11.9 Å².